The van der Waals surface area contributed by atoms with Crippen molar-refractivity contribution in [2.24, 2.45) is 0 Å². The van der Waals surface area contributed by atoms with E-state index in [-0.39, 0.29) is 12.8 Å². The Hall–Kier alpha value is -0.350. The van der Waals surface area contributed by atoms with Crippen LogP contribution in [0.4, 0.5) is 0 Å². The predicted molar refractivity (Wildman–Crippen MR) is 108 cm³/mol. The lowest BCUT2D eigenvalue weighted by Gasteiger charge is -2.04. The quantitative estimate of drug-likeness (QED) is 0.103. The molecule has 0 aliphatic heterocycles. The van der Waals surface area contributed by atoms with Gasteiger partial charge in [-0.05, 0) is 12.2 Å². The van der Waals surface area contributed by atoms with E-state index in [4.69, 9.17) is 9.47 Å². The average Bonchev–Trinajstić information content (AvgIpc) is 2.59. The fourth-order valence-corrected chi connectivity index (χ4v) is 2.93. The van der Waals surface area contributed by atoms with Crippen molar-refractivity contribution >= 4 is 22.9 Å². The Morgan fingerprint density at radius 2 is 1.29 bits per heavy atom. The summed E-state index contributed by atoms with van der Waals surface area (Å²) in [6, 6.07) is 0. The largest absolute Gasteiger partial charge is 0.438 e. The topological polar surface area (TPSA) is 35.5 Å². The van der Waals surface area contributed by atoms with Gasteiger partial charge in [0.2, 0.25) is 0 Å². The Bertz CT molecular complexity index is 293. The van der Waals surface area contributed by atoms with Gasteiger partial charge in [0.25, 0.3) is 0 Å². The predicted octanol–water partition coefficient (Wildman–Crippen LogP) is 6.23. The van der Waals surface area contributed by atoms with E-state index in [1.807, 2.05) is 0 Å². The number of thiol groups is 1. The second kappa shape index (κ2) is 20.7. The highest BCUT2D eigenvalue weighted by molar-refractivity contribution is 7.97. The van der Waals surface area contributed by atoms with Gasteiger partial charge >= 0.3 is 5.97 Å². The third-order valence-corrected chi connectivity index (χ3v) is 4.77. The van der Waals surface area contributed by atoms with Crippen LogP contribution in [0.1, 0.15) is 104 Å². The van der Waals surface area contributed by atoms with Gasteiger partial charge in [0.15, 0.2) is 6.79 Å². The first kappa shape index (κ1) is 23.6. The van der Waals surface area contributed by atoms with Gasteiger partial charge in [-0.2, -0.15) is 11.4 Å². The molecule has 0 fully saturated rings. The fraction of sp³-hybridized carbons (Fsp3) is 0.900. The van der Waals surface area contributed by atoms with Crippen molar-refractivity contribution in [2.75, 3.05) is 12.5 Å². The average molecular weight is 361 g/mol. The molecular formula is C20H40O3S. The summed E-state index contributed by atoms with van der Waals surface area (Å²) in [4.78, 5) is 11.5. The van der Waals surface area contributed by atoms with Crippen molar-refractivity contribution in [3.05, 3.63) is 0 Å². The van der Waals surface area contributed by atoms with E-state index in [1.165, 1.54) is 70.6 Å². The molecule has 3 nitrogen and oxygen atoms in total. The van der Waals surface area contributed by atoms with Crippen LogP contribution in [-0.2, 0) is 14.3 Å². The number of hydrogen-bond acceptors (Lipinski definition) is 3. The van der Waals surface area contributed by atoms with Crippen LogP contribution in [0.3, 0.4) is 0 Å². The Kier molecular flexibility index (Phi) is 20.4. The number of esters is 1. The molecule has 4 heteroatoms. The lowest BCUT2D eigenvalue weighted by atomic mass is 10.0. The van der Waals surface area contributed by atoms with Crippen LogP contribution in [0.2, 0.25) is 0 Å². The van der Waals surface area contributed by atoms with Crippen molar-refractivity contribution in [1.82, 2.24) is 0 Å². The lowest BCUT2D eigenvalue weighted by Crippen LogP contribution is -2.07. The van der Waals surface area contributed by atoms with Gasteiger partial charge < -0.3 is 9.47 Å². The molecule has 0 aliphatic rings. The Labute approximate surface area is 153 Å². The molecule has 0 aromatic carbocycles. The van der Waals surface area contributed by atoms with Gasteiger partial charge in [-0.25, -0.2) is 0 Å². The zero-order valence-corrected chi connectivity index (χ0v) is 17.0. The van der Waals surface area contributed by atoms with E-state index in [9.17, 15) is 4.79 Å². The molecule has 0 amide bonds. The maximum atomic E-state index is 11.5. The second-order valence-electron chi connectivity index (χ2n) is 6.40. The van der Waals surface area contributed by atoms with Crippen molar-refractivity contribution in [1.29, 1.82) is 0 Å². The highest BCUT2D eigenvalue weighted by Crippen LogP contribution is 2.13. The third-order valence-electron chi connectivity index (χ3n) is 4.10. The highest BCUT2D eigenvalue weighted by atomic mass is 32.1. The molecule has 0 radical (unpaired) electrons. The van der Waals surface area contributed by atoms with Crippen LogP contribution in [0.25, 0.3) is 0 Å². The van der Waals surface area contributed by atoms with Gasteiger partial charge in [0.05, 0.1) is 5.55 Å². The third kappa shape index (κ3) is 19.7. The summed E-state index contributed by atoms with van der Waals surface area (Å²) in [6.45, 7) is 4.40. The zero-order chi connectivity index (χ0) is 17.7. The first-order valence-corrected chi connectivity index (χ1v) is 11.2. The van der Waals surface area contributed by atoms with E-state index in [0.717, 1.165) is 29.9 Å². The molecule has 24 heavy (non-hydrogen) atoms. The van der Waals surface area contributed by atoms with Crippen LogP contribution in [-0.4, -0.2) is 24.1 Å². The van der Waals surface area contributed by atoms with Gasteiger partial charge in [-0.1, -0.05) is 90.9 Å². The van der Waals surface area contributed by atoms with Crippen molar-refractivity contribution in [2.45, 2.75) is 104 Å². The molecule has 144 valence electrons. The second-order valence-corrected chi connectivity index (χ2v) is 7.61. The monoisotopic (exact) mass is 360 g/mol. The maximum absolute atomic E-state index is 11.5. The first-order valence-electron chi connectivity index (χ1n) is 10.1. The number of hydrogen-bond donors (Lipinski definition) is 1. The Morgan fingerprint density at radius 1 is 0.792 bits per heavy atom. The molecule has 0 heterocycles. The van der Waals surface area contributed by atoms with Gasteiger partial charge in [0.1, 0.15) is 0 Å². The van der Waals surface area contributed by atoms with Crippen LogP contribution in [0, 0.1) is 0 Å². The number of ether oxygens (including phenoxy) is 2. The van der Waals surface area contributed by atoms with E-state index in [0.29, 0.717) is 6.42 Å². The molecule has 0 aromatic rings. The van der Waals surface area contributed by atoms with E-state index >= 15 is 0 Å². The van der Waals surface area contributed by atoms with E-state index in [2.05, 4.69) is 13.8 Å². The molecule has 0 bridgehead atoms. The summed E-state index contributed by atoms with van der Waals surface area (Å²) in [5, 5.41) is 0. The normalized spacial score (nSPS) is 11.6. The smallest absolute Gasteiger partial charge is 0.307 e. The van der Waals surface area contributed by atoms with Gasteiger partial charge in [0, 0.05) is 6.42 Å². The first-order chi connectivity index (χ1) is 11.8. The fourth-order valence-electron chi connectivity index (χ4n) is 2.62. The molecule has 0 saturated carbocycles. The molecule has 0 unspecified atom stereocenters. The minimum atomic E-state index is -0.139. The lowest BCUT2D eigenvalue weighted by molar-refractivity contribution is -0.150. The van der Waals surface area contributed by atoms with Crippen molar-refractivity contribution < 1.29 is 14.3 Å². The Balaban J connectivity index is 3.13. The summed E-state index contributed by atoms with van der Waals surface area (Å²) in [7, 11) is 0. The molecule has 0 aromatic heterocycles. The molecule has 0 atom stereocenters. The van der Waals surface area contributed by atoms with Crippen molar-refractivity contribution in [3.8, 4) is 0 Å². The number of rotatable bonds is 18. The van der Waals surface area contributed by atoms with Crippen LogP contribution < -0.4 is 0 Å². The molecule has 0 aliphatic carbocycles. The standard InChI is InChI=1S/C20H40O3S/c1-3-5-6-7-8-9-10-11-12-13-14-15-16-17-20(21)23-18-22-19-24-4-2/h19,24H,3-18H2,1-2H3. The molecule has 0 N–H and O–H groups in total. The maximum Gasteiger partial charge on any atom is 0.307 e. The summed E-state index contributed by atoms with van der Waals surface area (Å²) < 4.78 is 10.1. The van der Waals surface area contributed by atoms with Crippen molar-refractivity contribution in [3.63, 3.8) is 0 Å². The van der Waals surface area contributed by atoms with Gasteiger partial charge in [-0.3, -0.25) is 4.79 Å². The summed E-state index contributed by atoms with van der Waals surface area (Å²) >= 11 is 1.12. The zero-order valence-electron chi connectivity index (χ0n) is 16.1. The number of unbranched alkanes of at least 4 members (excludes halogenated alkanes) is 12. The summed E-state index contributed by atoms with van der Waals surface area (Å²) in [5.74, 6) is 0.882. The summed E-state index contributed by atoms with van der Waals surface area (Å²) in [6.07, 6.45) is 17.7. The minimum absolute atomic E-state index is 0.0598. The highest BCUT2D eigenvalue weighted by Gasteiger charge is 2.01. The van der Waals surface area contributed by atoms with Gasteiger partial charge in [-0.15, -0.1) is 0 Å². The van der Waals surface area contributed by atoms with Crippen LogP contribution in [0.15, 0.2) is 0 Å². The van der Waals surface area contributed by atoms with E-state index < -0.39 is 0 Å². The number of carbonyl (C=O) groups excluding carboxylic acids is 1. The summed E-state index contributed by atoms with van der Waals surface area (Å²) in [5.41, 5.74) is 1.68. The minimum Gasteiger partial charge on any atom is -0.438 e. The molecule has 0 rings (SSSR count). The molecule has 0 spiro atoms. The van der Waals surface area contributed by atoms with Crippen LogP contribution >= 0.6 is 11.4 Å². The molecular weight excluding hydrogens is 320 g/mol. The van der Waals surface area contributed by atoms with Crippen LogP contribution in [0.5, 0.6) is 0 Å². The number of carbonyl (C=O) groups is 1. The Morgan fingerprint density at radius 3 is 1.79 bits per heavy atom. The SMILES string of the molecule is CCCCCCCCCCCCCCCC(=O)OCOC=[SH]CC. The molecule has 0 saturated heterocycles. The van der Waals surface area contributed by atoms with E-state index in [1.54, 1.807) is 5.55 Å².